The van der Waals surface area contributed by atoms with Crippen molar-refractivity contribution in [2.75, 3.05) is 20.0 Å². The van der Waals surface area contributed by atoms with Crippen LogP contribution in [0.3, 0.4) is 0 Å². The molecule has 1 aromatic carbocycles. The molecule has 9 heteroatoms. The molecule has 132 valence electrons. The topological polar surface area (TPSA) is 137 Å². The molecule has 0 saturated carbocycles. The van der Waals surface area contributed by atoms with Gasteiger partial charge in [-0.2, -0.15) is 0 Å². The van der Waals surface area contributed by atoms with Crippen LogP contribution >= 0.6 is 0 Å². The number of nitrogens with one attached hydrogen (secondary N) is 1. The second-order valence-electron chi connectivity index (χ2n) is 5.03. The number of carbonyl (C=O) groups excluding carboxylic acids is 1. The van der Waals surface area contributed by atoms with Crippen LogP contribution in [0.15, 0.2) is 30.6 Å². The molecule has 0 aliphatic rings. The number of nitrogen functional groups attached to an aromatic ring is 1. The zero-order chi connectivity index (χ0) is 18.4. The van der Waals surface area contributed by atoms with E-state index in [9.17, 15) is 9.59 Å². The Hall–Kier alpha value is -3.36. The Balaban J connectivity index is 2.32. The van der Waals surface area contributed by atoms with Crippen molar-refractivity contribution in [3.05, 3.63) is 41.9 Å². The summed E-state index contributed by atoms with van der Waals surface area (Å²) in [6.45, 7) is 0. The monoisotopic (exact) mass is 346 g/mol. The van der Waals surface area contributed by atoms with Gasteiger partial charge in [0.1, 0.15) is 0 Å². The van der Waals surface area contributed by atoms with Crippen LogP contribution in [-0.2, 0) is 4.79 Å². The van der Waals surface area contributed by atoms with E-state index in [1.165, 1.54) is 26.6 Å². The molecule has 1 amide bonds. The van der Waals surface area contributed by atoms with Crippen molar-refractivity contribution in [2.24, 2.45) is 0 Å². The minimum Gasteiger partial charge on any atom is -0.493 e. The standard InChI is InChI=1S/C16H18N4O5/c1-24-11-4-3-9(7-12(11)25-2)10(8-13(21)22)20-16(23)14-15(17)19-6-5-18-14/h3-7,10H,8H2,1-2H3,(H2,17,19)(H,20,23)(H,21,22). The van der Waals surface area contributed by atoms with Crippen LogP contribution in [0.1, 0.15) is 28.5 Å². The van der Waals surface area contributed by atoms with E-state index in [1.807, 2.05) is 0 Å². The normalized spacial score (nSPS) is 11.4. The number of carboxylic acids is 1. The van der Waals surface area contributed by atoms with Crippen LogP contribution in [0.2, 0.25) is 0 Å². The molecule has 0 aliphatic carbocycles. The average Bonchev–Trinajstić information content (AvgIpc) is 2.60. The maximum absolute atomic E-state index is 12.4. The number of benzene rings is 1. The number of carboxylic acid groups (broad SMARTS) is 1. The maximum Gasteiger partial charge on any atom is 0.305 e. The molecule has 25 heavy (non-hydrogen) atoms. The van der Waals surface area contributed by atoms with Gasteiger partial charge in [-0.25, -0.2) is 9.97 Å². The van der Waals surface area contributed by atoms with Crippen molar-refractivity contribution in [3.8, 4) is 11.5 Å². The molecule has 1 heterocycles. The largest absolute Gasteiger partial charge is 0.493 e. The van der Waals surface area contributed by atoms with Gasteiger partial charge in [0.15, 0.2) is 23.0 Å². The van der Waals surface area contributed by atoms with E-state index >= 15 is 0 Å². The predicted octanol–water partition coefficient (Wildman–Crippen LogP) is 1.02. The first kappa shape index (κ1) is 18.0. The predicted molar refractivity (Wildman–Crippen MR) is 88.5 cm³/mol. The number of hydrogen-bond acceptors (Lipinski definition) is 7. The number of nitrogens with zero attached hydrogens (tertiary/aromatic N) is 2. The van der Waals surface area contributed by atoms with Gasteiger partial charge in [-0.05, 0) is 17.7 Å². The van der Waals surface area contributed by atoms with Crippen molar-refractivity contribution in [1.82, 2.24) is 15.3 Å². The molecule has 4 N–H and O–H groups in total. The van der Waals surface area contributed by atoms with E-state index in [4.69, 9.17) is 20.3 Å². The van der Waals surface area contributed by atoms with Gasteiger partial charge in [0.2, 0.25) is 0 Å². The lowest BCUT2D eigenvalue weighted by Crippen LogP contribution is -2.31. The van der Waals surface area contributed by atoms with E-state index in [2.05, 4.69) is 15.3 Å². The lowest BCUT2D eigenvalue weighted by molar-refractivity contribution is -0.137. The van der Waals surface area contributed by atoms with Gasteiger partial charge >= 0.3 is 5.97 Å². The van der Waals surface area contributed by atoms with Gasteiger partial charge in [-0.1, -0.05) is 6.07 Å². The van der Waals surface area contributed by atoms with Crippen molar-refractivity contribution in [3.63, 3.8) is 0 Å². The third-order valence-electron chi connectivity index (χ3n) is 3.44. The Morgan fingerprint density at radius 2 is 1.88 bits per heavy atom. The summed E-state index contributed by atoms with van der Waals surface area (Å²) in [5, 5.41) is 11.8. The van der Waals surface area contributed by atoms with E-state index in [0.717, 1.165) is 0 Å². The second-order valence-corrected chi connectivity index (χ2v) is 5.03. The third-order valence-corrected chi connectivity index (χ3v) is 3.44. The number of carbonyl (C=O) groups is 2. The Morgan fingerprint density at radius 3 is 2.48 bits per heavy atom. The summed E-state index contributed by atoms with van der Waals surface area (Å²) in [5.41, 5.74) is 6.10. The number of aliphatic carboxylic acids is 1. The van der Waals surface area contributed by atoms with E-state index in [0.29, 0.717) is 17.1 Å². The number of methoxy groups -OCH3 is 2. The van der Waals surface area contributed by atoms with E-state index in [-0.39, 0.29) is 17.9 Å². The van der Waals surface area contributed by atoms with Gasteiger partial charge in [0, 0.05) is 12.4 Å². The molecule has 0 aliphatic heterocycles. The average molecular weight is 346 g/mol. The smallest absolute Gasteiger partial charge is 0.305 e. The van der Waals surface area contributed by atoms with Gasteiger partial charge < -0.3 is 25.6 Å². The van der Waals surface area contributed by atoms with E-state index in [1.54, 1.807) is 18.2 Å². The molecule has 1 atom stereocenters. The minimum absolute atomic E-state index is 0.0404. The molecule has 0 bridgehead atoms. The van der Waals surface area contributed by atoms with Crippen LogP contribution in [-0.4, -0.2) is 41.2 Å². The number of anilines is 1. The van der Waals surface area contributed by atoms with Crippen molar-refractivity contribution >= 4 is 17.7 Å². The lowest BCUT2D eigenvalue weighted by atomic mass is 10.0. The number of aromatic nitrogens is 2. The fraction of sp³-hybridized carbons (Fsp3) is 0.250. The SMILES string of the molecule is COc1ccc(C(CC(=O)O)NC(=O)c2nccnc2N)cc1OC. The number of nitrogens with two attached hydrogens (primary N) is 1. The Morgan fingerprint density at radius 1 is 1.20 bits per heavy atom. The number of hydrogen-bond donors (Lipinski definition) is 3. The third kappa shape index (κ3) is 4.34. The summed E-state index contributed by atoms with van der Waals surface area (Å²) in [5.74, 6) is -0.825. The number of rotatable bonds is 7. The first-order chi connectivity index (χ1) is 12.0. The molecular formula is C16H18N4O5. The molecule has 0 saturated heterocycles. The Kier molecular flexibility index (Phi) is 5.72. The van der Waals surface area contributed by atoms with Crippen molar-refractivity contribution in [1.29, 1.82) is 0 Å². The summed E-state index contributed by atoms with van der Waals surface area (Å²) in [4.78, 5) is 31.2. The van der Waals surface area contributed by atoms with Crippen LogP contribution in [0, 0.1) is 0 Å². The fourth-order valence-electron chi connectivity index (χ4n) is 2.25. The quantitative estimate of drug-likeness (QED) is 0.676. The highest BCUT2D eigenvalue weighted by Gasteiger charge is 2.22. The van der Waals surface area contributed by atoms with Gasteiger partial charge in [-0.15, -0.1) is 0 Å². The lowest BCUT2D eigenvalue weighted by Gasteiger charge is -2.19. The summed E-state index contributed by atoms with van der Waals surface area (Å²) < 4.78 is 10.4. The minimum atomic E-state index is -1.08. The summed E-state index contributed by atoms with van der Waals surface area (Å²) in [6.07, 6.45) is 2.35. The van der Waals surface area contributed by atoms with Crippen LogP contribution in [0.4, 0.5) is 5.82 Å². The fourth-order valence-corrected chi connectivity index (χ4v) is 2.25. The van der Waals surface area contributed by atoms with Gasteiger partial charge in [0.05, 0.1) is 26.7 Å². The molecule has 0 fully saturated rings. The first-order valence-corrected chi connectivity index (χ1v) is 7.27. The second kappa shape index (κ2) is 7.95. The summed E-state index contributed by atoms with van der Waals surface area (Å²) in [7, 11) is 2.96. The van der Waals surface area contributed by atoms with Gasteiger partial charge in [-0.3, -0.25) is 9.59 Å². The molecular weight excluding hydrogens is 328 g/mol. The highest BCUT2D eigenvalue weighted by Crippen LogP contribution is 2.31. The summed E-state index contributed by atoms with van der Waals surface area (Å²) >= 11 is 0. The zero-order valence-corrected chi connectivity index (χ0v) is 13.7. The first-order valence-electron chi connectivity index (χ1n) is 7.27. The zero-order valence-electron chi connectivity index (χ0n) is 13.7. The molecule has 1 aromatic heterocycles. The van der Waals surface area contributed by atoms with E-state index < -0.39 is 17.9 Å². The molecule has 2 aromatic rings. The molecule has 0 spiro atoms. The Labute approximate surface area is 143 Å². The van der Waals surface area contributed by atoms with Crippen LogP contribution in [0.25, 0.3) is 0 Å². The molecule has 2 rings (SSSR count). The number of ether oxygens (including phenoxy) is 2. The number of amides is 1. The molecule has 0 radical (unpaired) electrons. The van der Waals surface area contributed by atoms with Crippen molar-refractivity contribution < 1.29 is 24.2 Å². The molecule has 1 unspecified atom stereocenters. The van der Waals surface area contributed by atoms with Crippen LogP contribution < -0.4 is 20.5 Å². The van der Waals surface area contributed by atoms with Crippen molar-refractivity contribution in [2.45, 2.75) is 12.5 Å². The summed E-state index contributed by atoms with van der Waals surface area (Å²) in [6, 6.07) is 4.07. The van der Waals surface area contributed by atoms with Crippen LogP contribution in [0.5, 0.6) is 11.5 Å². The maximum atomic E-state index is 12.4. The highest BCUT2D eigenvalue weighted by molar-refractivity contribution is 5.96. The Bertz CT molecular complexity index is 781. The molecule has 9 nitrogen and oxygen atoms in total. The highest BCUT2D eigenvalue weighted by atomic mass is 16.5. The van der Waals surface area contributed by atoms with Gasteiger partial charge in [0.25, 0.3) is 5.91 Å².